The summed E-state index contributed by atoms with van der Waals surface area (Å²) in [5.74, 6) is -1.44. The van der Waals surface area contributed by atoms with Gasteiger partial charge in [0.1, 0.15) is 11.6 Å². The average Bonchev–Trinajstić information content (AvgIpc) is 3.02. The van der Waals surface area contributed by atoms with E-state index in [1.807, 2.05) is 0 Å². The highest BCUT2D eigenvalue weighted by atomic mass is 19.1. The van der Waals surface area contributed by atoms with Crippen LogP contribution in [0, 0.1) is 5.82 Å². The molecular formula is C20H20FN3O5. The van der Waals surface area contributed by atoms with Crippen LogP contribution in [0.5, 0.6) is 5.75 Å². The van der Waals surface area contributed by atoms with E-state index in [4.69, 9.17) is 9.47 Å². The summed E-state index contributed by atoms with van der Waals surface area (Å²) in [4.78, 5) is 41.3. The number of amides is 1. The van der Waals surface area contributed by atoms with E-state index in [2.05, 4.69) is 15.3 Å². The Hall–Kier alpha value is -3.62. The van der Waals surface area contributed by atoms with Gasteiger partial charge in [0.05, 0.1) is 11.0 Å². The zero-order chi connectivity index (χ0) is 21.2. The quantitative estimate of drug-likeness (QED) is 0.550. The van der Waals surface area contributed by atoms with Crippen molar-refractivity contribution in [2.24, 2.45) is 0 Å². The van der Waals surface area contributed by atoms with Crippen LogP contribution in [0.15, 0.2) is 47.3 Å². The Morgan fingerprint density at radius 1 is 1.07 bits per heavy atom. The first-order valence-electron chi connectivity index (χ1n) is 8.82. The summed E-state index contributed by atoms with van der Waals surface area (Å²) < 4.78 is 23.8. The highest BCUT2D eigenvalue weighted by Crippen LogP contribution is 2.21. The van der Waals surface area contributed by atoms with Crippen molar-refractivity contribution in [3.05, 3.63) is 58.8 Å². The summed E-state index contributed by atoms with van der Waals surface area (Å²) >= 11 is 0. The second-order valence-corrected chi connectivity index (χ2v) is 6.94. The Kier molecular flexibility index (Phi) is 5.40. The van der Waals surface area contributed by atoms with Crippen LogP contribution in [0.25, 0.3) is 11.0 Å². The molecule has 3 N–H and O–H groups in total. The van der Waals surface area contributed by atoms with Gasteiger partial charge < -0.3 is 24.8 Å². The van der Waals surface area contributed by atoms with Crippen LogP contribution >= 0.6 is 0 Å². The van der Waals surface area contributed by atoms with Gasteiger partial charge in [0.15, 0.2) is 11.7 Å². The number of anilines is 1. The highest BCUT2D eigenvalue weighted by molar-refractivity contribution is 5.97. The first-order chi connectivity index (χ1) is 13.6. The minimum Gasteiger partial charge on any atom is -0.476 e. The van der Waals surface area contributed by atoms with Crippen LogP contribution < -0.4 is 15.7 Å². The number of imidazole rings is 1. The maximum atomic E-state index is 13.0. The molecule has 3 rings (SSSR count). The van der Waals surface area contributed by atoms with Crippen molar-refractivity contribution in [1.82, 2.24) is 9.97 Å². The maximum Gasteiger partial charge on any atom is 0.350 e. The molecule has 3 aromatic rings. The second kappa shape index (κ2) is 7.78. The number of carbonyl (C=O) groups excluding carboxylic acids is 2. The Morgan fingerprint density at radius 2 is 1.72 bits per heavy atom. The van der Waals surface area contributed by atoms with Gasteiger partial charge in [-0.1, -0.05) is 0 Å². The molecule has 152 valence electrons. The predicted octanol–water partition coefficient (Wildman–Crippen LogP) is 2.72. The van der Waals surface area contributed by atoms with E-state index >= 15 is 0 Å². The van der Waals surface area contributed by atoms with Gasteiger partial charge in [0, 0.05) is 5.69 Å². The van der Waals surface area contributed by atoms with E-state index in [0.29, 0.717) is 22.5 Å². The van der Waals surface area contributed by atoms with Crippen molar-refractivity contribution < 1.29 is 23.5 Å². The van der Waals surface area contributed by atoms with Gasteiger partial charge in [-0.15, -0.1) is 0 Å². The van der Waals surface area contributed by atoms with Crippen LogP contribution in [0.1, 0.15) is 20.8 Å². The van der Waals surface area contributed by atoms with E-state index in [0.717, 1.165) is 0 Å². The monoisotopic (exact) mass is 401 g/mol. The van der Waals surface area contributed by atoms with Crippen LogP contribution in [0.4, 0.5) is 10.1 Å². The van der Waals surface area contributed by atoms with Crippen LogP contribution in [-0.4, -0.2) is 33.5 Å². The minimum atomic E-state index is -1.39. The molecule has 0 aliphatic heterocycles. The molecule has 0 unspecified atom stereocenters. The fourth-order valence-corrected chi connectivity index (χ4v) is 2.55. The van der Waals surface area contributed by atoms with E-state index in [9.17, 15) is 18.8 Å². The predicted molar refractivity (Wildman–Crippen MR) is 104 cm³/mol. The van der Waals surface area contributed by atoms with Crippen LogP contribution in [0.2, 0.25) is 0 Å². The van der Waals surface area contributed by atoms with E-state index in [1.54, 1.807) is 18.2 Å². The van der Waals surface area contributed by atoms with Gasteiger partial charge >= 0.3 is 11.7 Å². The van der Waals surface area contributed by atoms with E-state index < -0.39 is 29.4 Å². The number of ether oxygens (including phenoxy) is 2. The summed E-state index contributed by atoms with van der Waals surface area (Å²) in [6.45, 7) is 4.40. The Morgan fingerprint density at radius 3 is 2.41 bits per heavy atom. The second-order valence-electron chi connectivity index (χ2n) is 6.94. The van der Waals surface area contributed by atoms with E-state index in [-0.39, 0.29) is 5.69 Å². The third-order valence-electron chi connectivity index (χ3n) is 4.11. The highest BCUT2D eigenvalue weighted by Gasteiger charge is 2.34. The van der Waals surface area contributed by atoms with Crippen molar-refractivity contribution in [1.29, 1.82) is 0 Å². The maximum absolute atomic E-state index is 13.0. The molecule has 1 amide bonds. The number of esters is 1. The fourth-order valence-electron chi connectivity index (χ4n) is 2.55. The molecule has 2 aromatic carbocycles. The molecule has 0 fully saturated rings. The molecule has 0 saturated carbocycles. The molecule has 0 bridgehead atoms. The molecule has 1 aromatic heterocycles. The van der Waals surface area contributed by atoms with Crippen molar-refractivity contribution in [2.75, 3.05) is 5.32 Å². The number of aromatic amines is 2. The Balaban J connectivity index is 1.61. The fraction of sp³-hybridized carbons (Fsp3) is 0.250. The number of halogens is 1. The molecule has 0 spiro atoms. The molecule has 0 radical (unpaired) electrons. The molecule has 1 atom stereocenters. The smallest absolute Gasteiger partial charge is 0.350 e. The number of hydrogen-bond acceptors (Lipinski definition) is 5. The van der Waals surface area contributed by atoms with Gasteiger partial charge in [0.2, 0.25) is 0 Å². The molecule has 9 heteroatoms. The van der Waals surface area contributed by atoms with Gasteiger partial charge in [-0.3, -0.25) is 4.79 Å². The van der Waals surface area contributed by atoms with E-state index in [1.165, 1.54) is 45.0 Å². The lowest BCUT2D eigenvalue weighted by Crippen LogP contribution is -2.43. The van der Waals surface area contributed by atoms with Gasteiger partial charge in [-0.25, -0.2) is 14.0 Å². The average molecular weight is 401 g/mol. The molecule has 29 heavy (non-hydrogen) atoms. The Bertz CT molecular complexity index is 1100. The topological polar surface area (TPSA) is 113 Å². The number of carbonyl (C=O) groups is 2. The van der Waals surface area contributed by atoms with Gasteiger partial charge in [-0.05, 0) is 63.2 Å². The minimum absolute atomic E-state index is 0.291. The Labute approximate surface area is 165 Å². The SMILES string of the molecule is C[C@@H](OC(=O)C(C)(C)Oc1ccc(F)cc1)C(=O)Nc1ccc2[nH]c(=O)[nH]c2c1. The lowest BCUT2D eigenvalue weighted by atomic mass is 10.1. The summed E-state index contributed by atoms with van der Waals surface area (Å²) in [6.07, 6.45) is -1.10. The number of nitrogens with one attached hydrogen (secondary N) is 3. The number of H-pyrrole nitrogens is 2. The van der Waals surface area contributed by atoms with Crippen molar-refractivity contribution >= 4 is 28.6 Å². The standard InChI is InChI=1S/C20H20FN3O5/c1-11(17(25)22-13-6-9-15-16(10-13)24-19(27)23-15)28-18(26)20(2,3)29-14-7-4-12(21)5-8-14/h4-11H,1-3H3,(H,22,25)(H2,23,24,27)/t11-/m1/s1. The number of rotatable bonds is 6. The molecule has 0 aliphatic carbocycles. The van der Waals surface area contributed by atoms with Crippen LogP contribution in [-0.2, 0) is 14.3 Å². The third-order valence-corrected chi connectivity index (χ3v) is 4.11. The lowest BCUT2D eigenvalue weighted by molar-refractivity contribution is -0.166. The third kappa shape index (κ3) is 4.81. The number of aromatic nitrogens is 2. The summed E-state index contributed by atoms with van der Waals surface area (Å²) in [5, 5.41) is 2.62. The summed E-state index contributed by atoms with van der Waals surface area (Å²) in [6, 6.07) is 10.0. The summed E-state index contributed by atoms with van der Waals surface area (Å²) in [7, 11) is 0. The van der Waals surface area contributed by atoms with Gasteiger partial charge in [-0.2, -0.15) is 0 Å². The molecule has 1 heterocycles. The van der Waals surface area contributed by atoms with Crippen molar-refractivity contribution in [3.63, 3.8) is 0 Å². The molecular weight excluding hydrogens is 381 g/mol. The first kappa shape index (κ1) is 20.1. The lowest BCUT2D eigenvalue weighted by Gasteiger charge is -2.26. The molecule has 0 saturated heterocycles. The van der Waals surface area contributed by atoms with Crippen LogP contribution in [0.3, 0.4) is 0 Å². The van der Waals surface area contributed by atoms with Crippen molar-refractivity contribution in [2.45, 2.75) is 32.5 Å². The zero-order valence-electron chi connectivity index (χ0n) is 16.0. The number of hydrogen-bond donors (Lipinski definition) is 3. The first-order valence-corrected chi connectivity index (χ1v) is 8.82. The number of fused-ring (bicyclic) bond motifs is 1. The molecule has 8 nitrogen and oxygen atoms in total. The molecule has 0 aliphatic rings. The summed E-state index contributed by atoms with van der Waals surface area (Å²) in [5.41, 5.74) is -0.175. The normalized spacial score (nSPS) is 12.4. The van der Waals surface area contributed by atoms with Gasteiger partial charge in [0.25, 0.3) is 5.91 Å². The number of benzene rings is 2. The van der Waals surface area contributed by atoms with Crippen molar-refractivity contribution in [3.8, 4) is 5.75 Å². The zero-order valence-corrected chi connectivity index (χ0v) is 16.0. The largest absolute Gasteiger partial charge is 0.476 e.